The molecule has 1 amide bonds. The lowest BCUT2D eigenvalue weighted by Gasteiger charge is -2.16. The van der Waals surface area contributed by atoms with Crippen molar-refractivity contribution in [2.45, 2.75) is 44.9 Å². The van der Waals surface area contributed by atoms with E-state index in [0.717, 1.165) is 11.8 Å². The summed E-state index contributed by atoms with van der Waals surface area (Å²) >= 11 is 3.55. The fourth-order valence-electron chi connectivity index (χ4n) is 3.99. The van der Waals surface area contributed by atoms with Gasteiger partial charge in [0.25, 0.3) is 5.91 Å². The van der Waals surface area contributed by atoms with Crippen LogP contribution in [-0.4, -0.2) is 26.1 Å². The number of carbonyl (C=O) groups excluding carboxylic acids is 2. The van der Waals surface area contributed by atoms with E-state index < -0.39 is 0 Å². The monoisotopic (exact) mass is 537 g/mol. The number of rotatable bonds is 7. The third kappa shape index (κ3) is 8.05. The van der Waals surface area contributed by atoms with Crippen LogP contribution in [-0.2, 0) is 4.74 Å². The number of methoxy groups -OCH3 is 1. The van der Waals surface area contributed by atoms with Gasteiger partial charge in [0.2, 0.25) is 0 Å². The highest BCUT2D eigenvalue weighted by molar-refractivity contribution is 9.10. The summed E-state index contributed by atoms with van der Waals surface area (Å²) in [6.45, 7) is 0.0714. The SMILES string of the molecule is C1CCCCCC1.COCOc1ccc(C(=O)Nc2ccccc2)c(-c2cccc(C=O)c2)c1Br. The lowest BCUT2D eigenvalue weighted by Crippen LogP contribution is -2.14. The molecule has 6 heteroatoms. The van der Waals surface area contributed by atoms with Gasteiger partial charge in [-0.25, -0.2) is 0 Å². The van der Waals surface area contributed by atoms with E-state index in [0.29, 0.717) is 32.6 Å². The van der Waals surface area contributed by atoms with Gasteiger partial charge in [0.05, 0.1) is 4.47 Å². The van der Waals surface area contributed by atoms with Gasteiger partial charge in [0.1, 0.15) is 12.0 Å². The molecule has 3 aromatic carbocycles. The van der Waals surface area contributed by atoms with E-state index in [2.05, 4.69) is 21.2 Å². The van der Waals surface area contributed by atoms with Crippen LogP contribution >= 0.6 is 15.9 Å². The second-order valence-electron chi connectivity index (χ2n) is 8.39. The predicted octanol–water partition coefficient (Wildman–Crippen LogP) is 7.89. The van der Waals surface area contributed by atoms with Crippen molar-refractivity contribution in [2.24, 2.45) is 0 Å². The van der Waals surface area contributed by atoms with E-state index in [9.17, 15) is 9.59 Å². The Hall–Kier alpha value is -2.96. The molecule has 184 valence electrons. The zero-order valence-corrected chi connectivity index (χ0v) is 21.7. The number of anilines is 1. The summed E-state index contributed by atoms with van der Waals surface area (Å²) in [6.07, 6.45) is 11.3. The molecule has 1 saturated carbocycles. The summed E-state index contributed by atoms with van der Waals surface area (Å²) < 4.78 is 11.2. The third-order valence-corrected chi connectivity index (χ3v) is 6.56. The van der Waals surface area contributed by atoms with Crippen molar-refractivity contribution in [1.29, 1.82) is 0 Å². The van der Waals surface area contributed by atoms with Gasteiger partial charge < -0.3 is 14.8 Å². The van der Waals surface area contributed by atoms with E-state index in [1.165, 1.54) is 52.1 Å². The molecule has 1 aliphatic rings. The molecule has 0 atom stereocenters. The van der Waals surface area contributed by atoms with Crippen molar-refractivity contribution in [1.82, 2.24) is 0 Å². The number of para-hydroxylation sites is 1. The number of ether oxygens (including phenoxy) is 2. The maximum Gasteiger partial charge on any atom is 0.256 e. The molecular weight excluding hydrogens is 506 g/mol. The van der Waals surface area contributed by atoms with Crippen molar-refractivity contribution in [3.05, 3.63) is 82.3 Å². The van der Waals surface area contributed by atoms with Crippen LogP contribution in [0.4, 0.5) is 5.69 Å². The zero-order valence-electron chi connectivity index (χ0n) is 20.1. The second-order valence-corrected chi connectivity index (χ2v) is 9.18. The molecule has 35 heavy (non-hydrogen) atoms. The fraction of sp³-hybridized carbons (Fsp3) is 0.310. The molecule has 1 aliphatic carbocycles. The van der Waals surface area contributed by atoms with Crippen LogP contribution in [0.2, 0.25) is 0 Å². The summed E-state index contributed by atoms with van der Waals surface area (Å²) in [5.74, 6) is 0.265. The first-order chi connectivity index (χ1) is 17.1. The summed E-state index contributed by atoms with van der Waals surface area (Å²) in [6, 6.07) is 19.7. The van der Waals surface area contributed by atoms with Crippen LogP contribution in [0.3, 0.4) is 0 Å². The highest BCUT2D eigenvalue weighted by Gasteiger charge is 2.20. The first-order valence-corrected chi connectivity index (χ1v) is 12.8. The first-order valence-electron chi connectivity index (χ1n) is 12.0. The van der Waals surface area contributed by atoms with Crippen molar-refractivity contribution in [3.8, 4) is 16.9 Å². The summed E-state index contributed by atoms with van der Waals surface area (Å²) in [5.41, 5.74) is 3.00. The lowest BCUT2D eigenvalue weighted by molar-refractivity contribution is 0.0506. The van der Waals surface area contributed by atoms with Gasteiger partial charge in [-0.2, -0.15) is 0 Å². The molecule has 0 bridgehead atoms. The number of amides is 1. The smallest absolute Gasteiger partial charge is 0.256 e. The third-order valence-electron chi connectivity index (χ3n) is 5.78. The quantitative estimate of drug-likeness (QED) is 0.189. The molecular formula is C29H32BrNO4. The van der Waals surface area contributed by atoms with Gasteiger partial charge in [0, 0.05) is 29.5 Å². The van der Waals surface area contributed by atoms with Crippen molar-refractivity contribution in [2.75, 3.05) is 19.2 Å². The average molecular weight is 538 g/mol. The Morgan fingerprint density at radius 3 is 2.17 bits per heavy atom. The van der Waals surface area contributed by atoms with Crippen LogP contribution < -0.4 is 10.1 Å². The Balaban J connectivity index is 0.000000420. The second kappa shape index (κ2) is 14.4. The van der Waals surface area contributed by atoms with E-state index in [4.69, 9.17) is 9.47 Å². The topological polar surface area (TPSA) is 64.6 Å². The molecule has 0 saturated heterocycles. The normalized spacial score (nSPS) is 13.1. The number of benzene rings is 3. The molecule has 5 nitrogen and oxygen atoms in total. The van der Waals surface area contributed by atoms with Crippen LogP contribution in [0.1, 0.15) is 65.7 Å². The standard InChI is InChI=1S/C22H18BrNO4.C7H14/c1-27-14-28-19-11-10-18(22(26)24-17-8-3-2-4-9-17)20(21(19)23)16-7-5-6-15(12-16)13-25;1-2-4-6-7-5-3-1/h2-13H,14H2,1H3,(H,24,26);1-7H2. The number of aldehydes is 1. The number of carbonyl (C=O) groups is 2. The minimum Gasteiger partial charge on any atom is -0.466 e. The van der Waals surface area contributed by atoms with Gasteiger partial charge in [-0.1, -0.05) is 81.3 Å². The highest BCUT2D eigenvalue weighted by atomic mass is 79.9. The number of nitrogens with one attached hydrogen (secondary N) is 1. The molecule has 4 rings (SSSR count). The molecule has 0 spiro atoms. The molecule has 0 unspecified atom stereocenters. The predicted molar refractivity (Wildman–Crippen MR) is 144 cm³/mol. The van der Waals surface area contributed by atoms with Crippen molar-refractivity contribution in [3.63, 3.8) is 0 Å². The number of halogens is 1. The van der Waals surface area contributed by atoms with Gasteiger partial charge in [0.15, 0.2) is 6.79 Å². The molecule has 1 N–H and O–H groups in total. The Kier molecular flexibility index (Phi) is 11.0. The molecule has 0 aromatic heterocycles. The minimum atomic E-state index is -0.267. The molecule has 0 aliphatic heterocycles. The van der Waals surface area contributed by atoms with Gasteiger partial charge >= 0.3 is 0 Å². The summed E-state index contributed by atoms with van der Waals surface area (Å²) in [4.78, 5) is 24.2. The minimum absolute atomic E-state index is 0.0714. The average Bonchev–Trinajstić information content (AvgIpc) is 3.22. The van der Waals surface area contributed by atoms with Crippen molar-refractivity contribution >= 4 is 33.8 Å². The molecule has 3 aromatic rings. The Labute approximate surface area is 216 Å². The van der Waals surface area contributed by atoms with E-state index in [1.807, 2.05) is 36.4 Å². The van der Waals surface area contributed by atoms with Gasteiger partial charge in [-0.05, 0) is 51.8 Å². The summed E-state index contributed by atoms with van der Waals surface area (Å²) in [7, 11) is 1.53. The Morgan fingerprint density at radius 1 is 0.914 bits per heavy atom. The first kappa shape index (κ1) is 26.6. The lowest BCUT2D eigenvalue weighted by atomic mass is 9.97. The largest absolute Gasteiger partial charge is 0.466 e. The Morgan fingerprint density at radius 2 is 1.57 bits per heavy atom. The van der Waals surface area contributed by atoms with Crippen molar-refractivity contribution < 1.29 is 19.1 Å². The number of hydrogen-bond donors (Lipinski definition) is 1. The maximum absolute atomic E-state index is 13.0. The van der Waals surface area contributed by atoms with Crippen LogP contribution in [0.15, 0.2) is 71.2 Å². The molecule has 0 radical (unpaired) electrons. The molecule has 0 heterocycles. The van der Waals surface area contributed by atoms with Gasteiger partial charge in [-0.3, -0.25) is 9.59 Å². The highest BCUT2D eigenvalue weighted by Crippen LogP contribution is 2.39. The Bertz CT molecular complexity index is 1080. The van der Waals surface area contributed by atoms with Gasteiger partial charge in [-0.15, -0.1) is 0 Å². The van der Waals surface area contributed by atoms with Crippen LogP contribution in [0, 0.1) is 0 Å². The maximum atomic E-state index is 13.0. The van der Waals surface area contributed by atoms with E-state index >= 15 is 0 Å². The fourth-order valence-corrected chi connectivity index (χ4v) is 4.68. The number of hydrogen-bond acceptors (Lipinski definition) is 4. The van der Waals surface area contributed by atoms with E-state index in [-0.39, 0.29) is 12.7 Å². The zero-order chi connectivity index (χ0) is 24.9. The van der Waals surface area contributed by atoms with E-state index in [1.54, 1.807) is 30.3 Å². The molecule has 1 fully saturated rings. The summed E-state index contributed by atoms with van der Waals surface area (Å²) in [5, 5.41) is 2.89. The van der Waals surface area contributed by atoms with Crippen LogP contribution in [0.5, 0.6) is 5.75 Å². The van der Waals surface area contributed by atoms with Crippen LogP contribution in [0.25, 0.3) is 11.1 Å².